The Kier molecular flexibility index (Phi) is 3.97. The number of allylic oxidation sites excluding steroid dienone is 1. The molecule has 4 aliphatic rings. The smallest absolute Gasteiger partial charge is 0.252 e. The molecule has 28 heavy (non-hydrogen) atoms. The molecule has 0 aliphatic heterocycles. The van der Waals surface area contributed by atoms with E-state index in [1.807, 2.05) is 6.07 Å². The summed E-state index contributed by atoms with van der Waals surface area (Å²) < 4.78 is 0. The van der Waals surface area contributed by atoms with E-state index in [9.17, 15) is 15.0 Å². The van der Waals surface area contributed by atoms with Crippen LogP contribution in [0.4, 0.5) is 0 Å². The van der Waals surface area contributed by atoms with Crippen molar-refractivity contribution in [2.45, 2.75) is 75.2 Å². The number of carbonyl (C=O) groups excluding carboxylic acids is 1. The van der Waals surface area contributed by atoms with Crippen molar-refractivity contribution >= 4 is 5.91 Å². The summed E-state index contributed by atoms with van der Waals surface area (Å²) in [4.78, 5) is 11.9. The van der Waals surface area contributed by atoms with E-state index in [0.29, 0.717) is 18.8 Å². The van der Waals surface area contributed by atoms with Crippen molar-refractivity contribution in [1.82, 2.24) is 0 Å². The van der Waals surface area contributed by atoms with Crippen LogP contribution in [0.2, 0.25) is 0 Å². The number of hydrogen-bond donors (Lipinski definition) is 3. The van der Waals surface area contributed by atoms with Crippen molar-refractivity contribution in [3.05, 3.63) is 41.0 Å². The molecule has 4 nitrogen and oxygen atoms in total. The number of aromatic hydroxyl groups is 1. The highest BCUT2D eigenvalue weighted by atomic mass is 16.3. The molecule has 1 aromatic carbocycles. The summed E-state index contributed by atoms with van der Waals surface area (Å²) >= 11 is 0. The van der Waals surface area contributed by atoms with Gasteiger partial charge in [0.2, 0.25) is 0 Å². The Bertz CT molecular complexity index is 858. The van der Waals surface area contributed by atoms with Crippen molar-refractivity contribution in [3.8, 4) is 5.75 Å². The van der Waals surface area contributed by atoms with Gasteiger partial charge >= 0.3 is 0 Å². The molecule has 150 valence electrons. The Morgan fingerprint density at radius 3 is 2.71 bits per heavy atom. The second kappa shape index (κ2) is 6.09. The molecule has 0 saturated heterocycles. The molecule has 4 N–H and O–H groups in total. The zero-order valence-corrected chi connectivity index (χ0v) is 16.5. The molecular formula is C24H31NO3. The average Bonchev–Trinajstić information content (AvgIpc) is 2.59. The fourth-order valence-corrected chi connectivity index (χ4v) is 7.12. The maximum absolute atomic E-state index is 12.2. The van der Waals surface area contributed by atoms with Crippen LogP contribution in [-0.4, -0.2) is 21.7 Å². The summed E-state index contributed by atoms with van der Waals surface area (Å²) in [5.41, 5.74) is 7.33. The summed E-state index contributed by atoms with van der Waals surface area (Å²) in [5, 5.41) is 23.3. The van der Waals surface area contributed by atoms with Crippen LogP contribution < -0.4 is 5.73 Å². The highest BCUT2D eigenvalue weighted by Crippen LogP contribution is 2.65. The summed E-state index contributed by atoms with van der Waals surface area (Å²) in [5.74, 6) is 0.971. The molecule has 0 heterocycles. The third-order valence-corrected chi connectivity index (χ3v) is 8.67. The van der Waals surface area contributed by atoms with Gasteiger partial charge in [-0.2, -0.15) is 0 Å². The Hall–Kier alpha value is -1.81. The minimum atomic E-state index is -0.832. The third-order valence-electron chi connectivity index (χ3n) is 8.67. The van der Waals surface area contributed by atoms with Crippen molar-refractivity contribution < 1.29 is 15.0 Å². The molecule has 0 aromatic heterocycles. The first-order chi connectivity index (χ1) is 13.4. The van der Waals surface area contributed by atoms with Crippen molar-refractivity contribution in [2.75, 3.05) is 0 Å². The molecule has 4 heteroatoms. The molecule has 1 unspecified atom stereocenters. The molecule has 1 amide bonds. The van der Waals surface area contributed by atoms with Gasteiger partial charge in [0.05, 0.1) is 11.2 Å². The first-order valence-electron chi connectivity index (χ1n) is 10.9. The molecule has 2 bridgehead atoms. The van der Waals surface area contributed by atoms with Crippen LogP contribution in [0.15, 0.2) is 24.3 Å². The van der Waals surface area contributed by atoms with Crippen LogP contribution in [0, 0.1) is 17.8 Å². The summed E-state index contributed by atoms with van der Waals surface area (Å²) in [6.07, 6.45) is 10.2. The SMILES string of the molecule is C=C1CC[C@@]2(O)[C@H]3Cc4ccc(C(N)=O)c(O)c4[C@@]2(CCC3CC2CCC2)C1. The number of amides is 1. The number of hydrogen-bond acceptors (Lipinski definition) is 3. The van der Waals surface area contributed by atoms with Crippen LogP contribution in [0.3, 0.4) is 0 Å². The largest absolute Gasteiger partial charge is 0.507 e. The Morgan fingerprint density at radius 1 is 1.25 bits per heavy atom. The number of fused-ring (bicyclic) bond motifs is 1. The van der Waals surface area contributed by atoms with Gasteiger partial charge in [-0.3, -0.25) is 4.79 Å². The van der Waals surface area contributed by atoms with E-state index in [1.165, 1.54) is 25.7 Å². The number of aliphatic hydroxyl groups is 1. The average molecular weight is 382 g/mol. The van der Waals surface area contributed by atoms with Gasteiger partial charge in [0.15, 0.2) is 0 Å². The minimum Gasteiger partial charge on any atom is -0.507 e. The van der Waals surface area contributed by atoms with Gasteiger partial charge < -0.3 is 15.9 Å². The normalized spacial score (nSPS) is 37.0. The number of primary amides is 1. The van der Waals surface area contributed by atoms with E-state index in [4.69, 9.17) is 5.73 Å². The molecular weight excluding hydrogens is 350 g/mol. The van der Waals surface area contributed by atoms with Gasteiger partial charge in [0.1, 0.15) is 5.75 Å². The molecule has 3 fully saturated rings. The predicted octanol–water partition coefficient (Wildman–Crippen LogP) is 3.97. The van der Waals surface area contributed by atoms with E-state index in [1.54, 1.807) is 6.07 Å². The van der Waals surface area contributed by atoms with Crippen molar-refractivity contribution in [1.29, 1.82) is 0 Å². The second-order valence-electron chi connectivity index (χ2n) is 9.94. The van der Waals surface area contributed by atoms with Gasteiger partial charge in [0.25, 0.3) is 5.91 Å². The van der Waals surface area contributed by atoms with Gasteiger partial charge in [-0.25, -0.2) is 0 Å². The first kappa shape index (κ1) is 18.2. The van der Waals surface area contributed by atoms with Gasteiger partial charge in [-0.15, -0.1) is 0 Å². The molecule has 5 rings (SSSR count). The predicted molar refractivity (Wildman–Crippen MR) is 108 cm³/mol. The zero-order valence-electron chi connectivity index (χ0n) is 16.5. The van der Waals surface area contributed by atoms with Crippen LogP contribution in [0.1, 0.15) is 79.3 Å². The number of nitrogens with two attached hydrogens (primary N) is 1. The van der Waals surface area contributed by atoms with E-state index in [2.05, 4.69) is 6.58 Å². The molecule has 4 atom stereocenters. The lowest BCUT2D eigenvalue weighted by molar-refractivity contribution is -0.161. The van der Waals surface area contributed by atoms with Gasteiger partial charge in [-0.05, 0) is 74.3 Å². The molecule has 1 aromatic rings. The second-order valence-corrected chi connectivity index (χ2v) is 9.94. The lowest BCUT2D eigenvalue weighted by atomic mass is 9.43. The quantitative estimate of drug-likeness (QED) is 0.693. The summed E-state index contributed by atoms with van der Waals surface area (Å²) in [6.45, 7) is 4.24. The van der Waals surface area contributed by atoms with Crippen LogP contribution in [-0.2, 0) is 11.8 Å². The molecule has 0 spiro atoms. The number of phenols is 1. The standard InChI is InChI=1S/C24H31NO3/c1-14-7-10-24(28)19-12-17-5-6-18(22(25)27)21(26)20(17)23(24,13-14)9-8-16(19)11-15-3-2-4-15/h5-6,15-16,19,26,28H,1-4,7-13H2,(H2,25,27)/t16?,19-,23+,24+/m0/s1. The molecule has 4 aliphatic carbocycles. The maximum Gasteiger partial charge on any atom is 0.252 e. The highest BCUT2D eigenvalue weighted by Gasteiger charge is 2.64. The molecule has 0 radical (unpaired) electrons. The maximum atomic E-state index is 12.2. The topological polar surface area (TPSA) is 83.5 Å². The number of carbonyl (C=O) groups is 1. The summed E-state index contributed by atoms with van der Waals surface area (Å²) in [6, 6.07) is 3.62. The lowest BCUT2D eigenvalue weighted by Gasteiger charge is -2.63. The van der Waals surface area contributed by atoms with Crippen LogP contribution in [0.5, 0.6) is 5.75 Å². The number of rotatable bonds is 3. The van der Waals surface area contributed by atoms with Gasteiger partial charge in [-0.1, -0.05) is 37.5 Å². The lowest BCUT2D eigenvalue weighted by Crippen LogP contribution is -2.66. The van der Waals surface area contributed by atoms with Crippen molar-refractivity contribution in [2.24, 2.45) is 23.5 Å². The highest BCUT2D eigenvalue weighted by molar-refractivity contribution is 5.96. The Morgan fingerprint density at radius 2 is 2.04 bits per heavy atom. The fourth-order valence-electron chi connectivity index (χ4n) is 7.12. The van der Waals surface area contributed by atoms with Gasteiger partial charge in [0, 0.05) is 11.0 Å². The van der Waals surface area contributed by atoms with E-state index in [-0.39, 0.29) is 17.2 Å². The fraction of sp³-hybridized carbons (Fsp3) is 0.625. The monoisotopic (exact) mass is 381 g/mol. The Labute approximate surface area is 166 Å². The van der Waals surface area contributed by atoms with Crippen molar-refractivity contribution in [3.63, 3.8) is 0 Å². The van der Waals surface area contributed by atoms with E-state index >= 15 is 0 Å². The Balaban J connectivity index is 1.66. The zero-order chi connectivity index (χ0) is 19.7. The summed E-state index contributed by atoms with van der Waals surface area (Å²) in [7, 11) is 0. The number of benzene rings is 1. The minimum absolute atomic E-state index is 0.00554. The first-order valence-corrected chi connectivity index (χ1v) is 10.9. The van der Waals surface area contributed by atoms with E-state index < -0.39 is 16.9 Å². The third kappa shape index (κ3) is 2.30. The van der Waals surface area contributed by atoms with Crippen LogP contribution in [0.25, 0.3) is 0 Å². The van der Waals surface area contributed by atoms with E-state index in [0.717, 1.165) is 48.3 Å². The molecule has 3 saturated carbocycles. The van der Waals surface area contributed by atoms with Crippen LogP contribution >= 0.6 is 0 Å².